The molecule has 1 aromatic carbocycles. The molecule has 1 nitrogen and oxygen atoms in total. The molecule has 0 heterocycles. The molecule has 0 bridgehead atoms. The normalized spacial score (nSPS) is 12.5. The van der Waals surface area contributed by atoms with Gasteiger partial charge < -0.3 is 5.32 Å². The highest BCUT2D eigenvalue weighted by molar-refractivity contribution is 5.29. The van der Waals surface area contributed by atoms with Gasteiger partial charge >= 0.3 is 0 Å². The summed E-state index contributed by atoms with van der Waals surface area (Å²) >= 11 is 0. The SMILES string of the molecule is C=C(C)CC(NCC)c1cc(C)c(F)cc1F. The molecule has 0 aliphatic carbocycles. The molecule has 94 valence electrons. The van der Waals surface area contributed by atoms with Crippen molar-refractivity contribution in [3.05, 3.63) is 47.0 Å². The minimum absolute atomic E-state index is 0.142. The molecule has 0 spiro atoms. The van der Waals surface area contributed by atoms with E-state index in [-0.39, 0.29) is 6.04 Å². The molecule has 0 aliphatic rings. The molecule has 1 N–H and O–H groups in total. The van der Waals surface area contributed by atoms with Crippen LogP contribution in [0, 0.1) is 18.6 Å². The fourth-order valence-electron chi connectivity index (χ4n) is 1.83. The highest BCUT2D eigenvalue weighted by Gasteiger charge is 2.16. The second kappa shape index (κ2) is 5.92. The molecule has 0 aromatic heterocycles. The van der Waals surface area contributed by atoms with Gasteiger partial charge in [0, 0.05) is 17.7 Å². The number of hydrogen-bond acceptors (Lipinski definition) is 1. The zero-order valence-corrected chi connectivity index (χ0v) is 10.6. The van der Waals surface area contributed by atoms with E-state index in [2.05, 4.69) is 11.9 Å². The van der Waals surface area contributed by atoms with Gasteiger partial charge in [-0.15, -0.1) is 6.58 Å². The van der Waals surface area contributed by atoms with Crippen LogP contribution in [0.4, 0.5) is 8.78 Å². The molecule has 17 heavy (non-hydrogen) atoms. The molecule has 1 aromatic rings. The van der Waals surface area contributed by atoms with Crippen LogP contribution < -0.4 is 5.32 Å². The number of aryl methyl sites for hydroxylation is 1. The Hall–Kier alpha value is -1.22. The van der Waals surface area contributed by atoms with Gasteiger partial charge in [0.1, 0.15) is 11.6 Å². The van der Waals surface area contributed by atoms with Crippen LogP contribution in [0.25, 0.3) is 0 Å². The molecule has 1 atom stereocenters. The van der Waals surface area contributed by atoms with E-state index in [0.717, 1.165) is 18.2 Å². The van der Waals surface area contributed by atoms with Gasteiger partial charge in [0.2, 0.25) is 0 Å². The summed E-state index contributed by atoms with van der Waals surface area (Å²) in [5.74, 6) is -1.00. The summed E-state index contributed by atoms with van der Waals surface area (Å²) in [5, 5.41) is 3.19. The Balaban J connectivity index is 3.08. The number of nitrogens with one attached hydrogen (secondary N) is 1. The Labute approximate surface area is 102 Å². The minimum Gasteiger partial charge on any atom is -0.310 e. The average molecular weight is 239 g/mol. The molecular weight excluding hydrogens is 220 g/mol. The van der Waals surface area contributed by atoms with Crippen molar-refractivity contribution < 1.29 is 8.78 Å². The number of hydrogen-bond donors (Lipinski definition) is 1. The van der Waals surface area contributed by atoms with Gasteiger partial charge in [-0.25, -0.2) is 8.78 Å². The zero-order valence-electron chi connectivity index (χ0n) is 10.6. The van der Waals surface area contributed by atoms with Gasteiger partial charge in [-0.05, 0) is 38.4 Å². The number of rotatable bonds is 5. The second-order valence-corrected chi connectivity index (χ2v) is 4.39. The largest absolute Gasteiger partial charge is 0.310 e. The van der Waals surface area contributed by atoms with E-state index < -0.39 is 11.6 Å². The Kier molecular flexibility index (Phi) is 4.82. The molecule has 1 unspecified atom stereocenters. The Morgan fingerprint density at radius 1 is 1.35 bits per heavy atom. The third-order valence-corrected chi connectivity index (χ3v) is 2.66. The molecule has 0 aliphatic heterocycles. The zero-order chi connectivity index (χ0) is 13.0. The summed E-state index contributed by atoms with van der Waals surface area (Å²) < 4.78 is 26.9. The standard InChI is InChI=1S/C14H19F2N/c1-5-17-14(6-9(2)3)11-7-10(4)12(15)8-13(11)16/h7-8,14,17H,2,5-6H2,1,3-4H3. The predicted molar refractivity (Wildman–Crippen MR) is 66.9 cm³/mol. The summed E-state index contributed by atoms with van der Waals surface area (Å²) in [6, 6.07) is 2.38. The first-order valence-corrected chi connectivity index (χ1v) is 5.79. The van der Waals surface area contributed by atoms with Crippen molar-refractivity contribution in [2.45, 2.75) is 33.2 Å². The van der Waals surface area contributed by atoms with Crippen LogP contribution in [0.3, 0.4) is 0 Å². The van der Waals surface area contributed by atoms with Crippen molar-refractivity contribution >= 4 is 0 Å². The lowest BCUT2D eigenvalue weighted by Gasteiger charge is -2.19. The summed E-state index contributed by atoms with van der Waals surface area (Å²) in [4.78, 5) is 0. The lowest BCUT2D eigenvalue weighted by atomic mass is 9.98. The third-order valence-electron chi connectivity index (χ3n) is 2.66. The van der Waals surface area contributed by atoms with Crippen LogP contribution in [0.2, 0.25) is 0 Å². The summed E-state index contributed by atoms with van der Waals surface area (Å²) in [5.41, 5.74) is 1.94. The first-order chi connectivity index (χ1) is 7.95. The van der Waals surface area contributed by atoms with Crippen molar-refractivity contribution in [1.29, 1.82) is 0 Å². The molecule has 0 saturated heterocycles. The van der Waals surface area contributed by atoms with Crippen LogP contribution >= 0.6 is 0 Å². The summed E-state index contributed by atoms with van der Waals surface area (Å²) in [7, 11) is 0. The molecule has 0 amide bonds. The van der Waals surface area contributed by atoms with Crippen LogP contribution in [0.1, 0.15) is 37.4 Å². The molecule has 3 heteroatoms. The maximum atomic E-state index is 13.7. The predicted octanol–water partition coefficient (Wildman–Crippen LogP) is 3.89. The van der Waals surface area contributed by atoms with Crippen molar-refractivity contribution in [3.63, 3.8) is 0 Å². The minimum atomic E-state index is -0.503. The van der Waals surface area contributed by atoms with Crippen LogP contribution in [0.15, 0.2) is 24.3 Å². The molecule has 0 fully saturated rings. The van der Waals surface area contributed by atoms with Crippen molar-refractivity contribution in [3.8, 4) is 0 Å². The van der Waals surface area contributed by atoms with E-state index in [1.807, 2.05) is 13.8 Å². The van der Waals surface area contributed by atoms with E-state index in [9.17, 15) is 8.78 Å². The Bertz CT molecular complexity index is 413. The lowest BCUT2D eigenvalue weighted by molar-refractivity contribution is 0.499. The van der Waals surface area contributed by atoms with Crippen LogP contribution in [0.5, 0.6) is 0 Å². The van der Waals surface area contributed by atoms with Gasteiger partial charge in [-0.3, -0.25) is 0 Å². The first-order valence-electron chi connectivity index (χ1n) is 5.79. The number of halogens is 2. The summed E-state index contributed by atoms with van der Waals surface area (Å²) in [6.45, 7) is 10.1. The quantitative estimate of drug-likeness (QED) is 0.769. The first kappa shape index (κ1) is 13.8. The topological polar surface area (TPSA) is 12.0 Å². The van der Waals surface area contributed by atoms with Gasteiger partial charge in [-0.2, -0.15) is 0 Å². The Morgan fingerprint density at radius 3 is 2.53 bits per heavy atom. The average Bonchev–Trinajstić information content (AvgIpc) is 2.22. The van der Waals surface area contributed by atoms with E-state index in [4.69, 9.17) is 0 Å². The van der Waals surface area contributed by atoms with E-state index in [1.54, 1.807) is 13.0 Å². The van der Waals surface area contributed by atoms with Crippen LogP contribution in [-0.2, 0) is 0 Å². The van der Waals surface area contributed by atoms with E-state index in [1.165, 1.54) is 0 Å². The molecule has 0 saturated carbocycles. The number of benzene rings is 1. The highest BCUT2D eigenvalue weighted by Crippen LogP contribution is 2.25. The highest BCUT2D eigenvalue weighted by atomic mass is 19.1. The maximum absolute atomic E-state index is 13.7. The van der Waals surface area contributed by atoms with E-state index >= 15 is 0 Å². The van der Waals surface area contributed by atoms with Crippen molar-refractivity contribution in [2.75, 3.05) is 6.54 Å². The van der Waals surface area contributed by atoms with Gasteiger partial charge in [-0.1, -0.05) is 12.5 Å². The van der Waals surface area contributed by atoms with Crippen molar-refractivity contribution in [1.82, 2.24) is 5.32 Å². The summed E-state index contributed by atoms with van der Waals surface area (Å²) in [6.07, 6.45) is 0.649. The van der Waals surface area contributed by atoms with E-state index in [0.29, 0.717) is 17.5 Å². The van der Waals surface area contributed by atoms with Crippen LogP contribution in [-0.4, -0.2) is 6.54 Å². The fraction of sp³-hybridized carbons (Fsp3) is 0.429. The molecular formula is C14H19F2N. The lowest BCUT2D eigenvalue weighted by Crippen LogP contribution is -2.22. The third kappa shape index (κ3) is 3.63. The smallest absolute Gasteiger partial charge is 0.130 e. The fourth-order valence-corrected chi connectivity index (χ4v) is 1.83. The maximum Gasteiger partial charge on any atom is 0.130 e. The molecule has 1 rings (SSSR count). The molecule has 0 radical (unpaired) electrons. The second-order valence-electron chi connectivity index (χ2n) is 4.39. The van der Waals surface area contributed by atoms with Gasteiger partial charge in [0.15, 0.2) is 0 Å². The van der Waals surface area contributed by atoms with Gasteiger partial charge in [0.25, 0.3) is 0 Å². The Morgan fingerprint density at radius 2 is 2.00 bits per heavy atom. The monoisotopic (exact) mass is 239 g/mol. The van der Waals surface area contributed by atoms with Gasteiger partial charge in [0.05, 0.1) is 0 Å². The van der Waals surface area contributed by atoms with Crippen molar-refractivity contribution in [2.24, 2.45) is 0 Å².